The number of anilines is 1. The first-order valence-corrected chi connectivity index (χ1v) is 7.34. The molecule has 0 saturated carbocycles. The molecule has 0 radical (unpaired) electrons. The minimum atomic E-state index is 0.929. The Morgan fingerprint density at radius 3 is 2.37 bits per heavy atom. The van der Waals surface area contributed by atoms with Gasteiger partial charge in [-0.1, -0.05) is 25.1 Å². The van der Waals surface area contributed by atoms with Crippen LogP contribution in [-0.2, 0) is 6.42 Å². The molecule has 0 aromatic heterocycles. The summed E-state index contributed by atoms with van der Waals surface area (Å²) >= 11 is 0. The monoisotopic (exact) mass is 263 g/mol. The first-order chi connectivity index (χ1) is 9.13. The van der Waals surface area contributed by atoms with E-state index >= 15 is 0 Å². The molecule has 0 fully saturated rings. The van der Waals surface area contributed by atoms with Gasteiger partial charge in [-0.2, -0.15) is 0 Å². The number of rotatable bonds is 9. The highest BCUT2D eigenvalue weighted by Gasteiger charge is 2.05. The van der Waals surface area contributed by atoms with Crippen LogP contribution in [0.4, 0.5) is 5.69 Å². The Morgan fingerprint density at radius 1 is 1.00 bits per heavy atom. The fraction of sp³-hybridized carbons (Fsp3) is 0.625. The van der Waals surface area contributed by atoms with Crippen molar-refractivity contribution in [2.24, 2.45) is 0 Å². The highest BCUT2D eigenvalue weighted by Crippen LogP contribution is 2.12. The molecule has 0 aliphatic carbocycles. The minimum absolute atomic E-state index is 0.929. The fourth-order valence-electron chi connectivity index (χ4n) is 2.25. The van der Waals surface area contributed by atoms with E-state index in [0.29, 0.717) is 0 Å². The standard InChI is InChI=1S/C16H29N3/c1-4-11-19(14-13-18(2)3)12-7-9-15-8-5-6-10-16(15)17/h5-6,8,10H,4,7,9,11-14,17H2,1-3H3. The summed E-state index contributed by atoms with van der Waals surface area (Å²) in [4.78, 5) is 4.80. The molecule has 19 heavy (non-hydrogen) atoms. The van der Waals surface area contributed by atoms with Gasteiger partial charge < -0.3 is 15.5 Å². The maximum atomic E-state index is 5.97. The van der Waals surface area contributed by atoms with Crippen LogP contribution in [0, 0.1) is 0 Å². The number of para-hydroxylation sites is 1. The normalized spacial score (nSPS) is 11.4. The van der Waals surface area contributed by atoms with Gasteiger partial charge in [-0.05, 0) is 58.1 Å². The van der Waals surface area contributed by atoms with Gasteiger partial charge in [0.05, 0.1) is 0 Å². The van der Waals surface area contributed by atoms with Crippen LogP contribution < -0.4 is 5.73 Å². The molecular formula is C16H29N3. The third-order valence-corrected chi connectivity index (χ3v) is 3.38. The molecule has 3 heteroatoms. The average molecular weight is 263 g/mol. The highest BCUT2D eigenvalue weighted by atomic mass is 15.2. The smallest absolute Gasteiger partial charge is 0.0346 e. The summed E-state index contributed by atoms with van der Waals surface area (Å²) in [5.74, 6) is 0. The Kier molecular flexibility index (Phi) is 7.53. The number of aryl methyl sites for hydroxylation is 1. The van der Waals surface area contributed by atoms with E-state index in [2.05, 4.69) is 43.0 Å². The molecule has 0 spiro atoms. The largest absolute Gasteiger partial charge is 0.399 e. The van der Waals surface area contributed by atoms with E-state index in [1.807, 2.05) is 12.1 Å². The summed E-state index contributed by atoms with van der Waals surface area (Å²) in [6, 6.07) is 8.20. The molecule has 0 heterocycles. The molecule has 1 rings (SSSR count). The maximum Gasteiger partial charge on any atom is 0.0346 e. The molecule has 3 nitrogen and oxygen atoms in total. The summed E-state index contributed by atoms with van der Waals surface area (Å²) in [7, 11) is 4.27. The summed E-state index contributed by atoms with van der Waals surface area (Å²) in [5.41, 5.74) is 8.19. The Hall–Kier alpha value is -1.06. The number of hydrogen-bond acceptors (Lipinski definition) is 3. The van der Waals surface area contributed by atoms with Gasteiger partial charge in [0.15, 0.2) is 0 Å². The van der Waals surface area contributed by atoms with Crippen molar-refractivity contribution in [3.8, 4) is 0 Å². The quantitative estimate of drug-likeness (QED) is 0.695. The Morgan fingerprint density at radius 2 is 1.74 bits per heavy atom. The highest BCUT2D eigenvalue weighted by molar-refractivity contribution is 5.46. The van der Waals surface area contributed by atoms with E-state index in [-0.39, 0.29) is 0 Å². The van der Waals surface area contributed by atoms with Gasteiger partial charge in [0.25, 0.3) is 0 Å². The summed E-state index contributed by atoms with van der Waals surface area (Å²) in [6.07, 6.45) is 3.48. The maximum absolute atomic E-state index is 5.97. The molecule has 0 atom stereocenters. The SMILES string of the molecule is CCCN(CCCc1ccccc1N)CCN(C)C. The zero-order valence-corrected chi connectivity index (χ0v) is 12.7. The van der Waals surface area contributed by atoms with E-state index in [4.69, 9.17) is 5.73 Å². The van der Waals surface area contributed by atoms with Gasteiger partial charge in [-0.25, -0.2) is 0 Å². The number of nitrogen functional groups attached to an aromatic ring is 1. The van der Waals surface area contributed by atoms with Crippen molar-refractivity contribution < 1.29 is 0 Å². The predicted molar refractivity (Wildman–Crippen MR) is 84.5 cm³/mol. The Bertz CT molecular complexity index is 350. The van der Waals surface area contributed by atoms with E-state index in [1.165, 1.54) is 24.9 Å². The first kappa shape index (κ1) is 16.0. The lowest BCUT2D eigenvalue weighted by molar-refractivity contribution is 0.239. The molecule has 0 saturated heterocycles. The molecule has 0 amide bonds. The fourth-order valence-corrected chi connectivity index (χ4v) is 2.25. The van der Waals surface area contributed by atoms with Crippen molar-refractivity contribution in [1.29, 1.82) is 0 Å². The van der Waals surface area contributed by atoms with Crippen molar-refractivity contribution >= 4 is 5.69 Å². The predicted octanol–water partition coefficient (Wildman–Crippen LogP) is 2.48. The number of nitrogens with two attached hydrogens (primary N) is 1. The topological polar surface area (TPSA) is 32.5 Å². The lowest BCUT2D eigenvalue weighted by Gasteiger charge is -2.23. The van der Waals surface area contributed by atoms with Crippen molar-refractivity contribution in [3.63, 3.8) is 0 Å². The second-order valence-corrected chi connectivity index (χ2v) is 5.45. The molecular weight excluding hydrogens is 234 g/mol. The van der Waals surface area contributed by atoms with Gasteiger partial charge in [-0.3, -0.25) is 0 Å². The van der Waals surface area contributed by atoms with Gasteiger partial charge in [0, 0.05) is 18.8 Å². The third kappa shape index (κ3) is 6.60. The second-order valence-electron chi connectivity index (χ2n) is 5.45. The molecule has 1 aromatic rings. The van der Waals surface area contributed by atoms with Crippen LogP contribution in [0.2, 0.25) is 0 Å². The molecule has 108 valence electrons. The van der Waals surface area contributed by atoms with E-state index in [0.717, 1.165) is 31.7 Å². The van der Waals surface area contributed by atoms with Crippen molar-refractivity contribution in [1.82, 2.24) is 9.80 Å². The van der Waals surface area contributed by atoms with Gasteiger partial charge in [0.1, 0.15) is 0 Å². The molecule has 1 aromatic carbocycles. The van der Waals surface area contributed by atoms with Crippen LogP contribution in [0.3, 0.4) is 0 Å². The van der Waals surface area contributed by atoms with Gasteiger partial charge in [-0.15, -0.1) is 0 Å². The first-order valence-electron chi connectivity index (χ1n) is 7.34. The summed E-state index contributed by atoms with van der Waals surface area (Å²) < 4.78 is 0. The zero-order chi connectivity index (χ0) is 14.1. The minimum Gasteiger partial charge on any atom is -0.399 e. The lowest BCUT2D eigenvalue weighted by Crippen LogP contribution is -2.33. The van der Waals surface area contributed by atoms with Crippen molar-refractivity contribution in [3.05, 3.63) is 29.8 Å². The van der Waals surface area contributed by atoms with Gasteiger partial charge >= 0.3 is 0 Å². The van der Waals surface area contributed by atoms with Crippen LogP contribution in [0.15, 0.2) is 24.3 Å². The van der Waals surface area contributed by atoms with Crippen molar-refractivity contribution in [2.45, 2.75) is 26.2 Å². The number of benzene rings is 1. The molecule has 2 N–H and O–H groups in total. The average Bonchev–Trinajstić information content (AvgIpc) is 2.38. The molecule has 0 aliphatic heterocycles. The number of nitrogens with zero attached hydrogens (tertiary/aromatic N) is 2. The lowest BCUT2D eigenvalue weighted by atomic mass is 10.1. The van der Waals surface area contributed by atoms with Crippen LogP contribution in [-0.4, -0.2) is 50.1 Å². The van der Waals surface area contributed by atoms with Crippen LogP contribution in [0.1, 0.15) is 25.3 Å². The van der Waals surface area contributed by atoms with Crippen LogP contribution in [0.25, 0.3) is 0 Å². The van der Waals surface area contributed by atoms with Crippen molar-refractivity contribution in [2.75, 3.05) is 46.0 Å². The molecule has 0 aliphatic rings. The van der Waals surface area contributed by atoms with E-state index in [9.17, 15) is 0 Å². The van der Waals surface area contributed by atoms with Crippen LogP contribution >= 0.6 is 0 Å². The van der Waals surface area contributed by atoms with E-state index in [1.54, 1.807) is 0 Å². The Labute approximate surface area is 118 Å². The van der Waals surface area contributed by atoms with E-state index < -0.39 is 0 Å². The number of hydrogen-bond donors (Lipinski definition) is 1. The Balaban J connectivity index is 2.33. The zero-order valence-electron chi connectivity index (χ0n) is 12.7. The van der Waals surface area contributed by atoms with Crippen LogP contribution in [0.5, 0.6) is 0 Å². The molecule has 0 unspecified atom stereocenters. The summed E-state index contributed by atoms with van der Waals surface area (Å²) in [5, 5.41) is 0. The second kappa shape index (κ2) is 8.94. The summed E-state index contributed by atoms with van der Waals surface area (Å²) in [6.45, 7) is 6.89. The number of likely N-dealkylation sites (N-methyl/N-ethyl adjacent to an activating group) is 1. The third-order valence-electron chi connectivity index (χ3n) is 3.38. The molecule has 0 bridgehead atoms. The van der Waals surface area contributed by atoms with Gasteiger partial charge in [0.2, 0.25) is 0 Å².